The maximum atomic E-state index is 11.7. The van der Waals surface area contributed by atoms with Crippen LogP contribution in [-0.4, -0.2) is 19.7 Å². The Hall–Kier alpha value is -1.77. The van der Waals surface area contributed by atoms with Crippen LogP contribution in [0.1, 0.15) is 22.8 Å². The van der Waals surface area contributed by atoms with E-state index in [0.29, 0.717) is 23.5 Å². The summed E-state index contributed by atoms with van der Waals surface area (Å²) in [6.07, 6.45) is 1.61. The quantitative estimate of drug-likeness (QED) is 0.710. The average Bonchev–Trinajstić information content (AvgIpc) is 2.28. The third kappa shape index (κ3) is 2.37. The van der Waals surface area contributed by atoms with E-state index in [4.69, 9.17) is 9.47 Å². The van der Waals surface area contributed by atoms with E-state index in [9.17, 15) is 4.79 Å². The van der Waals surface area contributed by atoms with Gasteiger partial charge in [-0.05, 0) is 18.6 Å². The molecule has 1 rings (SSSR count). The first-order valence-corrected chi connectivity index (χ1v) is 4.71. The minimum Gasteiger partial charge on any atom is -0.496 e. The highest BCUT2D eigenvalue weighted by molar-refractivity contribution is 5.96. The lowest BCUT2D eigenvalue weighted by Crippen LogP contribution is -2.08. The molecule has 0 N–H and O–H groups in total. The molecule has 15 heavy (non-hydrogen) atoms. The van der Waals surface area contributed by atoms with Crippen LogP contribution in [0, 0.1) is 0 Å². The molecule has 0 aliphatic rings. The van der Waals surface area contributed by atoms with E-state index in [1.807, 2.05) is 0 Å². The molecule has 0 aliphatic carbocycles. The molecule has 3 nitrogen and oxygen atoms in total. The molecule has 0 radical (unpaired) electrons. The monoisotopic (exact) mass is 206 g/mol. The smallest absolute Gasteiger partial charge is 0.342 e. The van der Waals surface area contributed by atoms with Gasteiger partial charge < -0.3 is 9.47 Å². The molecule has 0 bridgehead atoms. The first-order chi connectivity index (χ1) is 7.24. The zero-order chi connectivity index (χ0) is 11.3. The van der Waals surface area contributed by atoms with Crippen LogP contribution < -0.4 is 4.74 Å². The number of ether oxygens (including phenoxy) is 2. The lowest BCUT2D eigenvalue weighted by molar-refractivity contribution is 0.0522. The van der Waals surface area contributed by atoms with E-state index in [2.05, 4.69) is 6.58 Å². The molecule has 0 heterocycles. The van der Waals surface area contributed by atoms with Gasteiger partial charge in [0.15, 0.2) is 0 Å². The molecule has 0 fully saturated rings. The van der Waals surface area contributed by atoms with Gasteiger partial charge in [-0.2, -0.15) is 0 Å². The number of hydrogen-bond donors (Lipinski definition) is 0. The SMILES string of the molecule is C=Cc1cccc(OC)c1C(=O)OCC. The Morgan fingerprint density at radius 3 is 2.80 bits per heavy atom. The summed E-state index contributed by atoms with van der Waals surface area (Å²) in [7, 11) is 1.52. The van der Waals surface area contributed by atoms with Crippen LogP contribution >= 0.6 is 0 Å². The van der Waals surface area contributed by atoms with Crippen molar-refractivity contribution in [1.29, 1.82) is 0 Å². The van der Waals surface area contributed by atoms with E-state index in [-0.39, 0.29) is 5.97 Å². The number of rotatable bonds is 4. The van der Waals surface area contributed by atoms with Crippen molar-refractivity contribution in [1.82, 2.24) is 0 Å². The molecule has 3 heteroatoms. The molecular weight excluding hydrogens is 192 g/mol. The summed E-state index contributed by atoms with van der Waals surface area (Å²) in [4.78, 5) is 11.7. The van der Waals surface area contributed by atoms with Crippen LogP contribution in [0.5, 0.6) is 5.75 Å². The van der Waals surface area contributed by atoms with Gasteiger partial charge in [-0.1, -0.05) is 24.8 Å². The van der Waals surface area contributed by atoms with Gasteiger partial charge in [0, 0.05) is 0 Å². The Balaban J connectivity index is 3.21. The van der Waals surface area contributed by atoms with E-state index in [1.165, 1.54) is 7.11 Å². The summed E-state index contributed by atoms with van der Waals surface area (Å²) in [5, 5.41) is 0. The van der Waals surface area contributed by atoms with Gasteiger partial charge in [0.1, 0.15) is 11.3 Å². The predicted molar refractivity (Wildman–Crippen MR) is 59.0 cm³/mol. The van der Waals surface area contributed by atoms with E-state index in [0.717, 1.165) is 0 Å². The minimum absolute atomic E-state index is 0.341. The molecule has 0 aliphatic heterocycles. The molecule has 1 aromatic carbocycles. The Kier molecular flexibility index (Phi) is 3.92. The standard InChI is InChI=1S/C12H14O3/c1-4-9-7-6-8-10(14-3)11(9)12(13)15-5-2/h4,6-8H,1,5H2,2-3H3. The van der Waals surface area contributed by atoms with Crippen LogP contribution in [0.25, 0.3) is 6.08 Å². The van der Waals surface area contributed by atoms with Crippen LogP contribution in [-0.2, 0) is 4.74 Å². The lowest BCUT2D eigenvalue weighted by Gasteiger charge is -2.10. The van der Waals surface area contributed by atoms with Gasteiger partial charge >= 0.3 is 5.97 Å². The van der Waals surface area contributed by atoms with Gasteiger partial charge in [0.05, 0.1) is 13.7 Å². The van der Waals surface area contributed by atoms with Crippen molar-refractivity contribution in [2.75, 3.05) is 13.7 Å². The summed E-state index contributed by atoms with van der Waals surface area (Å²) in [5.74, 6) is 0.121. The molecule has 0 aromatic heterocycles. The summed E-state index contributed by atoms with van der Waals surface area (Å²) in [5.41, 5.74) is 1.14. The van der Waals surface area contributed by atoms with Gasteiger partial charge in [0.2, 0.25) is 0 Å². The molecule has 0 spiro atoms. The molecular formula is C12H14O3. The number of carbonyl (C=O) groups is 1. The van der Waals surface area contributed by atoms with Gasteiger partial charge in [-0.3, -0.25) is 0 Å². The largest absolute Gasteiger partial charge is 0.496 e. The Morgan fingerprint density at radius 1 is 1.53 bits per heavy atom. The van der Waals surface area contributed by atoms with Crippen molar-refractivity contribution in [2.24, 2.45) is 0 Å². The lowest BCUT2D eigenvalue weighted by atomic mass is 10.1. The summed E-state index contributed by atoms with van der Waals surface area (Å²) < 4.78 is 10.1. The van der Waals surface area contributed by atoms with Gasteiger partial charge in [0.25, 0.3) is 0 Å². The predicted octanol–water partition coefficient (Wildman–Crippen LogP) is 2.51. The fraction of sp³-hybridized carbons (Fsp3) is 0.250. The molecule has 0 unspecified atom stereocenters. The zero-order valence-electron chi connectivity index (χ0n) is 8.95. The molecule has 1 aromatic rings. The fourth-order valence-corrected chi connectivity index (χ4v) is 1.31. The number of benzene rings is 1. The van der Waals surface area contributed by atoms with E-state index >= 15 is 0 Å². The maximum absolute atomic E-state index is 11.7. The van der Waals surface area contributed by atoms with Crippen molar-refractivity contribution in [3.8, 4) is 5.75 Å². The first kappa shape index (κ1) is 11.3. The highest BCUT2D eigenvalue weighted by Crippen LogP contribution is 2.23. The van der Waals surface area contributed by atoms with Crippen molar-refractivity contribution in [3.05, 3.63) is 35.9 Å². The van der Waals surface area contributed by atoms with Gasteiger partial charge in [-0.25, -0.2) is 4.79 Å². The number of esters is 1. The molecule has 0 amide bonds. The van der Waals surface area contributed by atoms with E-state index < -0.39 is 0 Å². The molecule has 0 atom stereocenters. The Bertz CT molecular complexity index is 369. The number of carbonyl (C=O) groups excluding carboxylic acids is 1. The average molecular weight is 206 g/mol. The van der Waals surface area contributed by atoms with Crippen molar-refractivity contribution >= 4 is 12.0 Å². The van der Waals surface area contributed by atoms with Crippen LogP contribution in [0.2, 0.25) is 0 Å². The highest BCUT2D eigenvalue weighted by Gasteiger charge is 2.16. The highest BCUT2D eigenvalue weighted by atomic mass is 16.5. The van der Waals surface area contributed by atoms with E-state index in [1.54, 1.807) is 31.2 Å². The van der Waals surface area contributed by atoms with Gasteiger partial charge in [-0.15, -0.1) is 0 Å². The fourth-order valence-electron chi connectivity index (χ4n) is 1.31. The topological polar surface area (TPSA) is 35.5 Å². The second kappa shape index (κ2) is 5.20. The second-order valence-electron chi connectivity index (χ2n) is 2.85. The number of hydrogen-bond acceptors (Lipinski definition) is 3. The Labute approximate surface area is 89.3 Å². The third-order valence-electron chi connectivity index (χ3n) is 1.98. The molecule has 0 saturated heterocycles. The maximum Gasteiger partial charge on any atom is 0.342 e. The van der Waals surface area contributed by atoms with Crippen LogP contribution in [0.4, 0.5) is 0 Å². The first-order valence-electron chi connectivity index (χ1n) is 4.71. The molecule has 0 saturated carbocycles. The zero-order valence-corrected chi connectivity index (χ0v) is 8.95. The Morgan fingerprint density at radius 2 is 2.27 bits per heavy atom. The summed E-state index contributed by atoms with van der Waals surface area (Å²) >= 11 is 0. The normalized spacial score (nSPS) is 9.47. The van der Waals surface area contributed by atoms with Crippen LogP contribution in [0.15, 0.2) is 24.8 Å². The van der Waals surface area contributed by atoms with Crippen molar-refractivity contribution in [2.45, 2.75) is 6.92 Å². The number of methoxy groups -OCH3 is 1. The van der Waals surface area contributed by atoms with Crippen molar-refractivity contribution in [3.63, 3.8) is 0 Å². The molecule has 80 valence electrons. The third-order valence-corrected chi connectivity index (χ3v) is 1.98. The summed E-state index contributed by atoms with van der Waals surface area (Å²) in [6, 6.07) is 5.32. The van der Waals surface area contributed by atoms with Crippen molar-refractivity contribution < 1.29 is 14.3 Å². The second-order valence-corrected chi connectivity index (χ2v) is 2.85. The summed E-state index contributed by atoms with van der Waals surface area (Å²) in [6.45, 7) is 5.75. The minimum atomic E-state index is -0.384. The van der Waals surface area contributed by atoms with Crippen LogP contribution in [0.3, 0.4) is 0 Å².